The third-order valence-electron chi connectivity index (χ3n) is 3.45. The minimum Gasteiger partial charge on any atom is -0.434 e. The summed E-state index contributed by atoms with van der Waals surface area (Å²) in [5.41, 5.74) is 1.22. The Labute approximate surface area is 153 Å². The van der Waals surface area contributed by atoms with Crippen LogP contribution in [0.25, 0.3) is 12.2 Å². The van der Waals surface area contributed by atoms with Gasteiger partial charge in [-0.2, -0.15) is 17.2 Å². The summed E-state index contributed by atoms with van der Waals surface area (Å²) >= 11 is 0. The lowest BCUT2D eigenvalue weighted by Crippen LogP contribution is -2.11. The largest absolute Gasteiger partial charge is 0.434 e. The predicted octanol–water partition coefficient (Wildman–Crippen LogP) is 3.63. The maximum atomic E-state index is 12.4. The molecule has 27 heavy (non-hydrogen) atoms. The number of hydrogen-bond donors (Lipinski definition) is 1. The zero-order valence-electron chi connectivity index (χ0n) is 13.6. The highest BCUT2D eigenvalue weighted by atomic mass is 32.2. The lowest BCUT2D eigenvalue weighted by atomic mass is 10.1. The lowest BCUT2D eigenvalue weighted by molar-refractivity contribution is -0.111. The van der Waals surface area contributed by atoms with Gasteiger partial charge in [-0.25, -0.2) is 0 Å². The van der Waals surface area contributed by atoms with Crippen molar-refractivity contribution in [3.05, 3.63) is 65.1 Å². The maximum Gasteiger partial charge on any atom is 0.387 e. The molecule has 140 valence electrons. The number of fused-ring (bicyclic) bond motifs is 1. The molecule has 0 atom stereocenters. The van der Waals surface area contributed by atoms with E-state index in [2.05, 4.69) is 10.1 Å². The van der Waals surface area contributed by atoms with E-state index in [1.165, 1.54) is 48.6 Å². The van der Waals surface area contributed by atoms with Crippen LogP contribution in [-0.4, -0.2) is 20.9 Å². The van der Waals surface area contributed by atoms with E-state index in [4.69, 9.17) is 4.18 Å². The summed E-state index contributed by atoms with van der Waals surface area (Å²) in [5.74, 6) is -0.395. The van der Waals surface area contributed by atoms with E-state index in [0.29, 0.717) is 16.8 Å². The Morgan fingerprint density at radius 1 is 1.19 bits per heavy atom. The molecule has 0 bridgehead atoms. The van der Waals surface area contributed by atoms with Crippen LogP contribution in [0.1, 0.15) is 11.1 Å². The molecule has 3 rings (SSSR count). The summed E-state index contributed by atoms with van der Waals surface area (Å²) in [6.45, 7) is -2.97. The number of benzene rings is 2. The van der Waals surface area contributed by atoms with Gasteiger partial charge in [-0.1, -0.05) is 18.2 Å². The first-order chi connectivity index (χ1) is 12.8. The van der Waals surface area contributed by atoms with Crippen LogP contribution < -0.4 is 14.2 Å². The van der Waals surface area contributed by atoms with Gasteiger partial charge < -0.3 is 14.2 Å². The van der Waals surface area contributed by atoms with Crippen LogP contribution in [-0.2, 0) is 14.9 Å². The lowest BCUT2D eigenvalue weighted by Gasteiger charge is -2.13. The second-order valence-electron chi connectivity index (χ2n) is 5.37. The molecule has 0 aromatic heterocycles. The minimum atomic E-state index is -3.73. The van der Waals surface area contributed by atoms with E-state index in [-0.39, 0.29) is 11.5 Å². The Balaban J connectivity index is 1.71. The SMILES string of the molecule is O=C(/C=C/c1ccccc1OC(F)F)Nc1ccc2c(c1)C=CS(=O)(=O)O2. The smallest absolute Gasteiger partial charge is 0.387 e. The highest BCUT2D eigenvalue weighted by Gasteiger charge is 2.17. The standard InChI is InChI=1S/C18H13F2NO5S/c19-18(20)25-15-4-2-1-3-12(15)5-8-17(22)21-14-6-7-16-13(11-14)9-10-27(23,24)26-16/h1-11,18H,(H,21,22)/b8-5+. The van der Waals surface area contributed by atoms with Crippen molar-refractivity contribution in [3.63, 3.8) is 0 Å². The normalized spacial score (nSPS) is 14.6. The van der Waals surface area contributed by atoms with Crippen LogP contribution in [0.5, 0.6) is 11.5 Å². The number of alkyl halides is 2. The number of carbonyl (C=O) groups is 1. The van der Waals surface area contributed by atoms with Crippen LogP contribution in [0, 0.1) is 0 Å². The molecule has 0 spiro atoms. The van der Waals surface area contributed by atoms with E-state index in [1.54, 1.807) is 12.1 Å². The van der Waals surface area contributed by atoms with Gasteiger partial charge in [0.2, 0.25) is 5.91 Å². The van der Waals surface area contributed by atoms with Crippen molar-refractivity contribution in [2.45, 2.75) is 6.61 Å². The monoisotopic (exact) mass is 393 g/mol. The van der Waals surface area contributed by atoms with E-state index in [9.17, 15) is 22.0 Å². The topological polar surface area (TPSA) is 81.7 Å². The van der Waals surface area contributed by atoms with Crippen LogP contribution >= 0.6 is 0 Å². The van der Waals surface area contributed by atoms with Crippen LogP contribution in [0.15, 0.2) is 53.9 Å². The van der Waals surface area contributed by atoms with Gasteiger partial charge in [0.1, 0.15) is 11.5 Å². The first-order valence-electron chi connectivity index (χ1n) is 7.62. The summed E-state index contributed by atoms with van der Waals surface area (Å²) in [6, 6.07) is 10.5. The quantitative estimate of drug-likeness (QED) is 0.620. The number of amides is 1. The van der Waals surface area contributed by atoms with Crippen molar-refractivity contribution < 1.29 is 30.9 Å². The van der Waals surface area contributed by atoms with Gasteiger partial charge >= 0.3 is 16.7 Å². The van der Waals surface area contributed by atoms with Gasteiger partial charge in [0.15, 0.2) is 0 Å². The van der Waals surface area contributed by atoms with Crippen molar-refractivity contribution in [1.82, 2.24) is 0 Å². The molecule has 2 aromatic carbocycles. The second kappa shape index (κ2) is 7.58. The Morgan fingerprint density at radius 2 is 1.96 bits per heavy atom. The highest BCUT2D eigenvalue weighted by Crippen LogP contribution is 2.29. The fourth-order valence-electron chi connectivity index (χ4n) is 2.31. The average molecular weight is 393 g/mol. The molecule has 1 aliphatic rings. The molecule has 1 amide bonds. The predicted molar refractivity (Wildman–Crippen MR) is 95.8 cm³/mol. The zero-order chi connectivity index (χ0) is 19.4. The molecule has 0 saturated carbocycles. The Morgan fingerprint density at radius 3 is 2.74 bits per heavy atom. The number of hydrogen-bond acceptors (Lipinski definition) is 5. The highest BCUT2D eigenvalue weighted by molar-refractivity contribution is 7.90. The molecular formula is C18H13F2NO5S. The number of rotatable bonds is 5. The zero-order valence-corrected chi connectivity index (χ0v) is 14.5. The van der Waals surface area contributed by atoms with E-state index < -0.39 is 22.6 Å². The van der Waals surface area contributed by atoms with Crippen LogP contribution in [0.4, 0.5) is 14.5 Å². The second-order valence-corrected chi connectivity index (χ2v) is 6.79. The van der Waals surface area contributed by atoms with Gasteiger partial charge in [-0.05, 0) is 36.4 Å². The molecule has 6 nitrogen and oxygen atoms in total. The first kappa shape index (κ1) is 18.6. The fourth-order valence-corrected chi connectivity index (χ4v) is 3.08. The number of carbonyl (C=O) groups excluding carboxylic acids is 1. The van der Waals surface area contributed by atoms with E-state index in [0.717, 1.165) is 5.41 Å². The summed E-state index contributed by atoms with van der Waals surface area (Å²) in [7, 11) is -3.73. The third kappa shape index (κ3) is 4.91. The van der Waals surface area contributed by atoms with Crippen molar-refractivity contribution in [1.29, 1.82) is 0 Å². The molecule has 0 radical (unpaired) electrons. The third-order valence-corrected chi connectivity index (χ3v) is 4.33. The van der Waals surface area contributed by atoms with Crippen molar-refractivity contribution in [2.24, 2.45) is 0 Å². The van der Waals surface area contributed by atoms with Gasteiger partial charge in [0, 0.05) is 22.9 Å². The van der Waals surface area contributed by atoms with Gasteiger partial charge in [-0.15, -0.1) is 0 Å². The molecule has 0 unspecified atom stereocenters. The van der Waals surface area contributed by atoms with Gasteiger partial charge in [0.25, 0.3) is 0 Å². The molecule has 0 saturated heterocycles. The minimum absolute atomic E-state index is 0.0474. The number of anilines is 1. The fraction of sp³-hybridized carbons (Fsp3) is 0.0556. The van der Waals surface area contributed by atoms with Gasteiger partial charge in [-0.3, -0.25) is 4.79 Å². The van der Waals surface area contributed by atoms with E-state index >= 15 is 0 Å². The Bertz CT molecular complexity index is 1030. The summed E-state index contributed by atoms with van der Waals surface area (Å²) in [4.78, 5) is 12.1. The maximum absolute atomic E-state index is 12.4. The van der Waals surface area contributed by atoms with Crippen LogP contribution in [0.3, 0.4) is 0 Å². The number of halogens is 2. The molecule has 1 aliphatic heterocycles. The first-order valence-corrected chi connectivity index (χ1v) is 9.09. The number of ether oxygens (including phenoxy) is 1. The number of para-hydroxylation sites is 1. The van der Waals surface area contributed by atoms with Gasteiger partial charge in [0.05, 0.1) is 5.41 Å². The van der Waals surface area contributed by atoms with Crippen molar-refractivity contribution in [3.8, 4) is 11.5 Å². The number of nitrogens with one attached hydrogen (secondary N) is 1. The molecule has 1 heterocycles. The summed E-state index contributed by atoms with van der Waals surface area (Å²) < 4.78 is 56.7. The molecule has 9 heteroatoms. The Hall–Kier alpha value is -3.20. The van der Waals surface area contributed by atoms with Crippen molar-refractivity contribution >= 4 is 33.9 Å². The van der Waals surface area contributed by atoms with Crippen LogP contribution in [0.2, 0.25) is 0 Å². The molecule has 1 N–H and O–H groups in total. The molecular weight excluding hydrogens is 380 g/mol. The molecule has 0 aliphatic carbocycles. The molecule has 0 fully saturated rings. The van der Waals surface area contributed by atoms with Crippen molar-refractivity contribution in [2.75, 3.05) is 5.32 Å². The van der Waals surface area contributed by atoms with E-state index in [1.807, 2.05) is 0 Å². The summed E-state index contributed by atoms with van der Waals surface area (Å²) in [5, 5.41) is 3.51. The molecule has 2 aromatic rings. The Kier molecular flexibility index (Phi) is 5.22. The summed E-state index contributed by atoms with van der Waals surface area (Å²) in [6.07, 6.45) is 3.88. The average Bonchev–Trinajstić information content (AvgIpc) is 2.60.